The van der Waals surface area contributed by atoms with E-state index in [0.717, 1.165) is 6.07 Å². The van der Waals surface area contributed by atoms with Gasteiger partial charge in [-0.05, 0) is 24.5 Å². The maximum Gasteiger partial charge on any atom is 0.455 e. The number of halogens is 4. The van der Waals surface area contributed by atoms with Crippen LogP contribution in [0.15, 0.2) is 18.2 Å². The monoisotopic (exact) mass is 294 g/mol. The van der Waals surface area contributed by atoms with Crippen LogP contribution >= 0.6 is 11.6 Å². The molecule has 0 heterocycles. The van der Waals surface area contributed by atoms with E-state index in [1.165, 1.54) is 12.1 Å². The molecule has 0 amide bonds. The molecule has 0 saturated carbocycles. The van der Waals surface area contributed by atoms with E-state index in [0.29, 0.717) is 12.3 Å². The zero-order valence-electron chi connectivity index (χ0n) is 10.6. The summed E-state index contributed by atoms with van der Waals surface area (Å²) in [6.45, 7) is 4.12. The average molecular weight is 295 g/mol. The summed E-state index contributed by atoms with van der Waals surface area (Å²) in [6.07, 6.45) is -4.29. The van der Waals surface area contributed by atoms with E-state index in [2.05, 4.69) is 0 Å². The molecule has 0 atom stereocenters. The van der Waals surface area contributed by atoms with Gasteiger partial charge in [0, 0.05) is 0 Å². The van der Waals surface area contributed by atoms with E-state index in [4.69, 9.17) is 16.3 Å². The minimum Gasteiger partial charge on any atom is -0.491 e. The summed E-state index contributed by atoms with van der Waals surface area (Å²) in [5.41, 5.74) is -0.552. The molecule has 1 aromatic rings. The van der Waals surface area contributed by atoms with Crippen molar-refractivity contribution in [1.29, 1.82) is 0 Å². The number of para-hydroxylation sites is 1. The average Bonchev–Trinajstić information content (AvgIpc) is 2.28. The molecule has 0 saturated heterocycles. The zero-order chi connectivity index (χ0) is 14.6. The van der Waals surface area contributed by atoms with E-state index < -0.39 is 17.5 Å². The van der Waals surface area contributed by atoms with Gasteiger partial charge in [-0.25, -0.2) is 0 Å². The number of rotatable bonds is 5. The minimum atomic E-state index is -4.94. The van der Waals surface area contributed by atoms with Crippen molar-refractivity contribution in [3.8, 4) is 5.75 Å². The highest BCUT2D eigenvalue weighted by Gasteiger charge is 2.41. The maximum absolute atomic E-state index is 12.4. The van der Waals surface area contributed by atoms with E-state index in [1.807, 2.05) is 13.8 Å². The molecular weight excluding hydrogens is 281 g/mol. The Balaban J connectivity index is 2.99. The van der Waals surface area contributed by atoms with E-state index >= 15 is 0 Å². The molecule has 0 bridgehead atoms. The predicted octanol–water partition coefficient (Wildman–Crippen LogP) is 4.51. The molecule has 0 fully saturated rings. The van der Waals surface area contributed by atoms with Crippen molar-refractivity contribution in [3.63, 3.8) is 0 Å². The highest BCUT2D eigenvalue weighted by atomic mass is 35.5. The number of carbonyl (C=O) groups excluding carboxylic acids is 1. The normalized spacial score (nSPS) is 11.7. The van der Waals surface area contributed by atoms with Gasteiger partial charge in [-0.3, -0.25) is 4.79 Å². The summed E-state index contributed by atoms with van der Waals surface area (Å²) in [6, 6.07) is 3.74. The number of alkyl halides is 3. The molecule has 0 aliphatic heterocycles. The summed E-state index contributed by atoms with van der Waals surface area (Å²) in [5, 5.41) is -0.00106. The van der Waals surface area contributed by atoms with E-state index in [-0.39, 0.29) is 17.4 Å². The molecule has 0 aliphatic carbocycles. The topological polar surface area (TPSA) is 26.3 Å². The number of carbonyl (C=O) groups is 1. The molecule has 0 N–H and O–H groups in total. The lowest BCUT2D eigenvalue weighted by molar-refractivity contribution is -0.0886. The molecule has 19 heavy (non-hydrogen) atoms. The Morgan fingerprint density at radius 1 is 1.37 bits per heavy atom. The first-order valence-electron chi connectivity index (χ1n) is 5.76. The first-order chi connectivity index (χ1) is 8.73. The van der Waals surface area contributed by atoms with Crippen LogP contribution in [0.5, 0.6) is 5.75 Å². The van der Waals surface area contributed by atoms with Gasteiger partial charge in [0.25, 0.3) is 5.78 Å². The van der Waals surface area contributed by atoms with Gasteiger partial charge >= 0.3 is 6.18 Å². The Morgan fingerprint density at radius 2 is 2.00 bits per heavy atom. The van der Waals surface area contributed by atoms with Crippen molar-refractivity contribution in [1.82, 2.24) is 0 Å². The number of Topliss-reactive ketones (excluding diaryl/α,β-unsaturated/α-hetero) is 1. The summed E-state index contributed by atoms with van der Waals surface area (Å²) < 4.78 is 42.6. The Kier molecular flexibility index (Phi) is 5.23. The Morgan fingerprint density at radius 3 is 2.53 bits per heavy atom. The third-order valence-corrected chi connectivity index (χ3v) is 2.71. The van der Waals surface area contributed by atoms with Crippen LogP contribution in [0.3, 0.4) is 0 Å². The predicted molar refractivity (Wildman–Crippen MR) is 66.8 cm³/mol. The van der Waals surface area contributed by atoms with Crippen molar-refractivity contribution in [3.05, 3.63) is 28.8 Å². The molecule has 0 aliphatic rings. The molecule has 0 spiro atoms. The van der Waals surface area contributed by atoms with Crippen LogP contribution in [-0.4, -0.2) is 18.6 Å². The van der Waals surface area contributed by atoms with Crippen LogP contribution in [-0.2, 0) is 0 Å². The fourth-order valence-electron chi connectivity index (χ4n) is 1.38. The highest BCUT2D eigenvalue weighted by molar-refractivity contribution is 6.32. The molecular formula is C13H14ClF3O2. The number of benzene rings is 1. The second-order valence-electron chi connectivity index (χ2n) is 4.47. The van der Waals surface area contributed by atoms with Gasteiger partial charge < -0.3 is 4.74 Å². The largest absolute Gasteiger partial charge is 0.491 e. The van der Waals surface area contributed by atoms with Crippen molar-refractivity contribution < 1.29 is 22.7 Å². The SMILES string of the molecule is CC(C)CCOc1c(Cl)cccc1C(=O)C(F)(F)F. The fourth-order valence-corrected chi connectivity index (χ4v) is 1.61. The second-order valence-corrected chi connectivity index (χ2v) is 4.88. The lowest BCUT2D eigenvalue weighted by Crippen LogP contribution is -2.23. The minimum absolute atomic E-state index is 0.00106. The van der Waals surface area contributed by atoms with E-state index in [1.54, 1.807) is 0 Å². The molecule has 6 heteroatoms. The summed E-state index contributed by atoms with van der Waals surface area (Å²) in [5.74, 6) is -1.81. The van der Waals surface area contributed by atoms with Crippen LogP contribution in [0.2, 0.25) is 5.02 Å². The van der Waals surface area contributed by atoms with Crippen LogP contribution in [0, 0.1) is 5.92 Å². The van der Waals surface area contributed by atoms with Gasteiger partial charge in [-0.1, -0.05) is 31.5 Å². The highest BCUT2D eigenvalue weighted by Crippen LogP contribution is 2.33. The van der Waals surface area contributed by atoms with Gasteiger partial charge in [0.2, 0.25) is 0 Å². The van der Waals surface area contributed by atoms with Crippen molar-refractivity contribution >= 4 is 17.4 Å². The van der Waals surface area contributed by atoms with Crippen molar-refractivity contribution in [2.75, 3.05) is 6.61 Å². The third-order valence-electron chi connectivity index (χ3n) is 2.41. The van der Waals surface area contributed by atoms with Crippen LogP contribution < -0.4 is 4.74 Å². The van der Waals surface area contributed by atoms with Crippen LogP contribution in [0.25, 0.3) is 0 Å². The van der Waals surface area contributed by atoms with Crippen molar-refractivity contribution in [2.45, 2.75) is 26.4 Å². The van der Waals surface area contributed by atoms with E-state index in [9.17, 15) is 18.0 Å². The third kappa shape index (κ3) is 4.42. The molecule has 1 rings (SSSR count). The Hall–Kier alpha value is -1.23. The lowest BCUT2D eigenvalue weighted by Gasteiger charge is -2.14. The van der Waals surface area contributed by atoms with Gasteiger partial charge in [-0.15, -0.1) is 0 Å². The Labute approximate surface area is 114 Å². The lowest BCUT2D eigenvalue weighted by atomic mass is 10.1. The van der Waals surface area contributed by atoms with Gasteiger partial charge in [0.15, 0.2) is 0 Å². The van der Waals surface area contributed by atoms with Gasteiger partial charge in [0.05, 0.1) is 17.2 Å². The van der Waals surface area contributed by atoms with Crippen LogP contribution in [0.1, 0.15) is 30.6 Å². The molecule has 106 valence electrons. The number of hydrogen-bond acceptors (Lipinski definition) is 2. The first kappa shape index (κ1) is 15.8. The van der Waals surface area contributed by atoms with Crippen molar-refractivity contribution in [2.24, 2.45) is 5.92 Å². The quantitative estimate of drug-likeness (QED) is 0.747. The fraction of sp³-hybridized carbons (Fsp3) is 0.462. The molecule has 0 unspecified atom stereocenters. The number of hydrogen-bond donors (Lipinski definition) is 0. The first-order valence-corrected chi connectivity index (χ1v) is 6.14. The number of ketones is 1. The standard InChI is InChI=1S/C13H14ClF3O2/c1-8(2)6-7-19-11-9(4-3-5-10(11)14)12(18)13(15,16)17/h3-5,8H,6-7H2,1-2H3. The molecule has 1 aromatic carbocycles. The summed E-state index contributed by atoms with van der Waals surface area (Å²) >= 11 is 5.79. The van der Waals surface area contributed by atoms with Crippen LogP contribution in [0.4, 0.5) is 13.2 Å². The summed E-state index contributed by atoms with van der Waals surface area (Å²) in [4.78, 5) is 11.3. The second kappa shape index (κ2) is 6.28. The van der Waals surface area contributed by atoms with Gasteiger partial charge in [0.1, 0.15) is 5.75 Å². The summed E-state index contributed by atoms with van der Waals surface area (Å²) in [7, 11) is 0. The van der Waals surface area contributed by atoms with Gasteiger partial charge in [-0.2, -0.15) is 13.2 Å². The molecule has 0 radical (unpaired) electrons. The smallest absolute Gasteiger partial charge is 0.455 e. The number of ether oxygens (including phenoxy) is 1. The Bertz CT molecular complexity index is 456. The molecule has 0 aromatic heterocycles. The zero-order valence-corrected chi connectivity index (χ0v) is 11.3. The maximum atomic E-state index is 12.4. The molecule has 2 nitrogen and oxygen atoms in total.